The van der Waals surface area contributed by atoms with E-state index in [1.54, 1.807) is 13.2 Å². The zero-order chi connectivity index (χ0) is 20.6. The Labute approximate surface area is 162 Å². The molecule has 0 atom stereocenters. The number of nitrogens with one attached hydrogen (secondary N) is 1. The van der Waals surface area contributed by atoms with E-state index in [4.69, 9.17) is 9.47 Å². The molecule has 0 bridgehead atoms. The minimum atomic E-state index is -0.328. The summed E-state index contributed by atoms with van der Waals surface area (Å²) in [5, 5.41) is 2.86. The van der Waals surface area contributed by atoms with E-state index in [1.165, 1.54) is 11.0 Å². The smallest absolute Gasteiger partial charge is 0.247 e. The maximum atomic E-state index is 12.4. The van der Waals surface area contributed by atoms with Crippen LogP contribution >= 0.6 is 0 Å². The molecule has 0 heterocycles. The van der Waals surface area contributed by atoms with Gasteiger partial charge in [-0.25, -0.2) is 0 Å². The molecule has 1 N–H and O–H groups in total. The number of hydrogen-bond acceptors (Lipinski definition) is 4. The lowest BCUT2D eigenvalue weighted by Gasteiger charge is -2.24. The summed E-state index contributed by atoms with van der Waals surface area (Å²) >= 11 is 0. The standard InChI is InChI=1S/C21H32N2O4/c1-8-23(14-19(24)22-21(4,5)6)20(25)12-10-16-9-11-17(27-15(2)3)18(13-16)26-7/h9-13,15H,8,14H2,1-7H3,(H,22,24). The maximum Gasteiger partial charge on any atom is 0.247 e. The van der Waals surface area contributed by atoms with E-state index in [9.17, 15) is 9.59 Å². The van der Waals surface area contributed by atoms with Gasteiger partial charge in [0.1, 0.15) is 0 Å². The lowest BCUT2D eigenvalue weighted by molar-refractivity contribution is -0.132. The average Bonchev–Trinajstić information content (AvgIpc) is 2.56. The molecule has 0 spiro atoms. The Bertz CT molecular complexity index is 675. The van der Waals surface area contributed by atoms with Gasteiger partial charge in [-0.05, 0) is 65.3 Å². The van der Waals surface area contributed by atoms with E-state index in [-0.39, 0.29) is 30.0 Å². The van der Waals surface area contributed by atoms with Crippen molar-refractivity contribution in [1.29, 1.82) is 0 Å². The van der Waals surface area contributed by atoms with Crippen molar-refractivity contribution in [1.82, 2.24) is 10.2 Å². The van der Waals surface area contributed by atoms with E-state index in [0.717, 1.165) is 5.56 Å². The number of methoxy groups -OCH3 is 1. The topological polar surface area (TPSA) is 67.9 Å². The molecule has 0 aromatic heterocycles. The normalized spacial score (nSPS) is 11.6. The number of carbonyl (C=O) groups excluding carboxylic acids is 2. The van der Waals surface area contributed by atoms with Crippen molar-refractivity contribution in [2.75, 3.05) is 20.2 Å². The van der Waals surface area contributed by atoms with Gasteiger partial charge in [-0.3, -0.25) is 9.59 Å². The van der Waals surface area contributed by atoms with Crippen LogP contribution in [0.1, 0.15) is 47.1 Å². The van der Waals surface area contributed by atoms with Gasteiger partial charge in [0.15, 0.2) is 11.5 Å². The highest BCUT2D eigenvalue weighted by molar-refractivity contribution is 5.94. The van der Waals surface area contributed by atoms with Crippen LogP contribution in [0, 0.1) is 0 Å². The number of benzene rings is 1. The summed E-state index contributed by atoms with van der Waals surface area (Å²) in [5.74, 6) is 0.867. The average molecular weight is 376 g/mol. The van der Waals surface area contributed by atoms with Gasteiger partial charge in [-0.1, -0.05) is 6.07 Å². The fourth-order valence-corrected chi connectivity index (χ4v) is 2.39. The first-order chi connectivity index (χ1) is 12.6. The van der Waals surface area contributed by atoms with E-state index in [2.05, 4.69) is 5.32 Å². The Kier molecular flexibility index (Phi) is 8.34. The quantitative estimate of drug-likeness (QED) is 0.707. The molecule has 0 saturated heterocycles. The van der Waals surface area contributed by atoms with Gasteiger partial charge >= 0.3 is 0 Å². The van der Waals surface area contributed by atoms with Gasteiger partial charge < -0.3 is 19.7 Å². The summed E-state index contributed by atoms with van der Waals surface area (Å²) in [6.45, 7) is 11.9. The van der Waals surface area contributed by atoms with Crippen molar-refractivity contribution >= 4 is 17.9 Å². The second-order valence-electron chi connectivity index (χ2n) is 7.56. The van der Waals surface area contributed by atoms with Gasteiger partial charge in [-0.2, -0.15) is 0 Å². The van der Waals surface area contributed by atoms with Gasteiger partial charge in [0.2, 0.25) is 11.8 Å². The number of amides is 2. The third kappa shape index (κ3) is 8.15. The fraction of sp³-hybridized carbons (Fsp3) is 0.524. The highest BCUT2D eigenvalue weighted by atomic mass is 16.5. The van der Waals surface area contributed by atoms with Crippen molar-refractivity contribution in [2.24, 2.45) is 0 Å². The molecule has 0 aliphatic carbocycles. The molecule has 1 aromatic rings. The Morgan fingerprint density at radius 3 is 2.41 bits per heavy atom. The summed E-state index contributed by atoms with van der Waals surface area (Å²) in [5.41, 5.74) is 0.484. The molecule has 0 unspecified atom stereocenters. The van der Waals surface area contributed by atoms with Crippen LogP contribution in [0.2, 0.25) is 0 Å². The lowest BCUT2D eigenvalue weighted by Crippen LogP contribution is -2.47. The van der Waals surface area contributed by atoms with Crippen molar-refractivity contribution in [2.45, 2.75) is 53.2 Å². The van der Waals surface area contributed by atoms with Crippen LogP contribution in [0.3, 0.4) is 0 Å². The number of nitrogens with zero attached hydrogens (tertiary/aromatic N) is 1. The first kappa shape index (κ1) is 22.5. The summed E-state index contributed by atoms with van der Waals surface area (Å²) in [6.07, 6.45) is 3.21. The van der Waals surface area contributed by atoms with Gasteiger partial charge in [0.05, 0.1) is 19.8 Å². The predicted octanol–water partition coefficient (Wildman–Crippen LogP) is 3.26. The predicted molar refractivity (Wildman–Crippen MR) is 108 cm³/mol. The lowest BCUT2D eigenvalue weighted by atomic mass is 10.1. The first-order valence-electron chi connectivity index (χ1n) is 9.18. The van der Waals surface area contributed by atoms with E-state index in [0.29, 0.717) is 18.0 Å². The molecular weight excluding hydrogens is 344 g/mol. The summed E-state index contributed by atoms with van der Waals surface area (Å²) in [7, 11) is 1.58. The zero-order valence-electron chi connectivity index (χ0n) is 17.5. The molecule has 27 heavy (non-hydrogen) atoms. The minimum absolute atomic E-state index is 0.0292. The van der Waals surface area contributed by atoms with Gasteiger partial charge in [0, 0.05) is 18.2 Å². The Balaban J connectivity index is 2.81. The summed E-state index contributed by atoms with van der Waals surface area (Å²) in [4.78, 5) is 26.0. The van der Waals surface area contributed by atoms with Gasteiger partial charge in [-0.15, -0.1) is 0 Å². The van der Waals surface area contributed by atoms with Crippen LogP contribution in [0.5, 0.6) is 11.5 Å². The fourth-order valence-electron chi connectivity index (χ4n) is 2.39. The molecular formula is C21H32N2O4. The zero-order valence-corrected chi connectivity index (χ0v) is 17.5. The summed E-state index contributed by atoms with van der Waals surface area (Å²) in [6, 6.07) is 5.48. The van der Waals surface area contributed by atoms with Crippen LogP contribution in [-0.2, 0) is 9.59 Å². The third-order valence-electron chi connectivity index (χ3n) is 3.51. The molecule has 1 rings (SSSR count). The second-order valence-corrected chi connectivity index (χ2v) is 7.56. The monoisotopic (exact) mass is 376 g/mol. The number of likely N-dealkylation sites (N-methyl/N-ethyl adjacent to an activating group) is 1. The van der Waals surface area contributed by atoms with Crippen molar-refractivity contribution in [3.63, 3.8) is 0 Å². The molecule has 150 valence electrons. The van der Waals surface area contributed by atoms with Crippen LogP contribution in [-0.4, -0.2) is 48.6 Å². The molecule has 2 amide bonds. The highest BCUT2D eigenvalue weighted by Gasteiger charge is 2.18. The molecule has 0 saturated carbocycles. The number of rotatable bonds is 8. The molecule has 0 fully saturated rings. The maximum absolute atomic E-state index is 12.4. The van der Waals surface area contributed by atoms with E-state index in [1.807, 2.05) is 59.7 Å². The molecule has 6 heteroatoms. The van der Waals surface area contributed by atoms with Crippen molar-refractivity contribution in [3.8, 4) is 11.5 Å². The number of carbonyl (C=O) groups is 2. The van der Waals surface area contributed by atoms with Crippen LogP contribution in [0.15, 0.2) is 24.3 Å². The molecule has 0 aliphatic rings. The van der Waals surface area contributed by atoms with Gasteiger partial charge in [0.25, 0.3) is 0 Å². The molecule has 0 radical (unpaired) electrons. The largest absolute Gasteiger partial charge is 0.493 e. The second kappa shape index (κ2) is 10.00. The minimum Gasteiger partial charge on any atom is -0.493 e. The molecule has 1 aromatic carbocycles. The SMILES string of the molecule is CCN(CC(=O)NC(C)(C)C)C(=O)C=Cc1ccc(OC(C)C)c(OC)c1. The van der Waals surface area contributed by atoms with Crippen LogP contribution in [0.25, 0.3) is 6.08 Å². The third-order valence-corrected chi connectivity index (χ3v) is 3.51. The van der Waals surface area contributed by atoms with E-state index >= 15 is 0 Å². The van der Waals surface area contributed by atoms with Crippen molar-refractivity contribution in [3.05, 3.63) is 29.8 Å². The Morgan fingerprint density at radius 2 is 1.89 bits per heavy atom. The summed E-state index contributed by atoms with van der Waals surface area (Å²) < 4.78 is 11.0. The molecule has 6 nitrogen and oxygen atoms in total. The van der Waals surface area contributed by atoms with E-state index < -0.39 is 0 Å². The van der Waals surface area contributed by atoms with Crippen LogP contribution in [0.4, 0.5) is 0 Å². The molecule has 0 aliphatic heterocycles. The Hall–Kier alpha value is -2.50. The highest BCUT2D eigenvalue weighted by Crippen LogP contribution is 2.29. The van der Waals surface area contributed by atoms with Crippen LogP contribution < -0.4 is 14.8 Å². The first-order valence-corrected chi connectivity index (χ1v) is 9.18. The Morgan fingerprint density at radius 1 is 1.22 bits per heavy atom. The number of hydrogen-bond donors (Lipinski definition) is 1. The number of ether oxygens (including phenoxy) is 2. The van der Waals surface area contributed by atoms with Crippen molar-refractivity contribution < 1.29 is 19.1 Å².